The van der Waals surface area contributed by atoms with Crippen molar-refractivity contribution >= 4 is 29.3 Å². The van der Waals surface area contributed by atoms with E-state index in [4.69, 9.17) is 11.6 Å². The van der Waals surface area contributed by atoms with Gasteiger partial charge in [-0.2, -0.15) is 23.1 Å². The van der Waals surface area contributed by atoms with Crippen LogP contribution < -0.4 is 16.0 Å². The van der Waals surface area contributed by atoms with Crippen LogP contribution in [0.5, 0.6) is 0 Å². The number of carbonyl (C=O) groups is 1. The van der Waals surface area contributed by atoms with Crippen molar-refractivity contribution in [2.24, 2.45) is 5.92 Å². The van der Waals surface area contributed by atoms with Gasteiger partial charge >= 0.3 is 6.18 Å². The highest BCUT2D eigenvalue weighted by molar-refractivity contribution is 6.30. The van der Waals surface area contributed by atoms with Crippen molar-refractivity contribution in [2.45, 2.75) is 63.8 Å². The van der Waals surface area contributed by atoms with E-state index in [0.717, 1.165) is 43.4 Å². The number of hydrogen-bond acceptors (Lipinski definition) is 5. The molecule has 3 N–H and O–H groups in total. The fourth-order valence-electron chi connectivity index (χ4n) is 5.33. The Morgan fingerprint density at radius 1 is 0.930 bits per heavy atom. The van der Waals surface area contributed by atoms with E-state index in [1.54, 1.807) is 6.07 Å². The molecule has 0 aliphatic heterocycles. The summed E-state index contributed by atoms with van der Waals surface area (Å²) >= 11 is 6.15. The highest BCUT2D eigenvalue weighted by atomic mass is 35.5. The number of carbonyl (C=O) groups excluding carboxylic acids is 1. The zero-order valence-corrected chi connectivity index (χ0v) is 24.3. The smallest absolute Gasteiger partial charge is 0.358 e. The monoisotopic (exact) mass is 610 g/mol. The number of rotatable bonds is 11. The van der Waals surface area contributed by atoms with Gasteiger partial charge in [-0.05, 0) is 59.9 Å². The highest BCUT2D eigenvalue weighted by Gasteiger charge is 2.30. The second-order valence-electron chi connectivity index (χ2n) is 10.9. The predicted octanol–water partition coefficient (Wildman–Crippen LogP) is 7.62. The average molecular weight is 611 g/mol. The molecule has 1 unspecified atom stereocenters. The minimum Gasteiger partial charge on any atom is -0.358 e. The van der Waals surface area contributed by atoms with Crippen molar-refractivity contribution < 1.29 is 18.0 Å². The lowest BCUT2D eigenvalue weighted by atomic mass is 9.84. The quantitative estimate of drug-likeness (QED) is 0.163. The molecule has 1 saturated carbocycles. The first-order valence-electron chi connectivity index (χ1n) is 14.4. The molecule has 2 heterocycles. The van der Waals surface area contributed by atoms with Crippen LogP contribution in [0, 0.1) is 5.92 Å². The van der Waals surface area contributed by atoms with Gasteiger partial charge in [-0.25, -0.2) is 0 Å². The van der Waals surface area contributed by atoms with Gasteiger partial charge in [0.2, 0.25) is 11.9 Å². The van der Waals surface area contributed by atoms with Crippen molar-refractivity contribution in [1.82, 2.24) is 19.9 Å². The molecule has 1 aliphatic rings. The Hall–Kier alpha value is -4.05. The van der Waals surface area contributed by atoms with Gasteiger partial charge in [0.25, 0.3) is 0 Å². The molecule has 7 nitrogen and oxygen atoms in total. The maximum Gasteiger partial charge on any atom is 0.416 e. The Kier molecular flexibility index (Phi) is 9.86. The Morgan fingerprint density at radius 2 is 1.67 bits per heavy atom. The predicted molar refractivity (Wildman–Crippen MR) is 162 cm³/mol. The van der Waals surface area contributed by atoms with E-state index in [0.29, 0.717) is 47.1 Å². The van der Waals surface area contributed by atoms with Crippen LogP contribution in [-0.4, -0.2) is 26.5 Å². The van der Waals surface area contributed by atoms with Gasteiger partial charge in [-0.1, -0.05) is 68.0 Å². The number of alkyl halides is 3. The summed E-state index contributed by atoms with van der Waals surface area (Å²) in [6.45, 7) is 0.568. The molecule has 0 bridgehead atoms. The summed E-state index contributed by atoms with van der Waals surface area (Å²) in [5.41, 5.74) is 0.832. The lowest BCUT2D eigenvalue weighted by Gasteiger charge is -2.27. The third-order valence-corrected chi connectivity index (χ3v) is 7.84. The third-order valence-electron chi connectivity index (χ3n) is 7.60. The van der Waals surface area contributed by atoms with Gasteiger partial charge in [0.1, 0.15) is 17.7 Å². The summed E-state index contributed by atoms with van der Waals surface area (Å²) in [5, 5.41) is 10.2. The molecule has 43 heavy (non-hydrogen) atoms. The van der Waals surface area contributed by atoms with Crippen LogP contribution in [0.1, 0.15) is 55.2 Å². The van der Waals surface area contributed by atoms with Gasteiger partial charge in [0.15, 0.2) is 0 Å². The molecular formula is C32H34ClF3N6O. The zero-order chi connectivity index (χ0) is 30.2. The summed E-state index contributed by atoms with van der Waals surface area (Å²) < 4.78 is 40.8. The Morgan fingerprint density at radius 3 is 2.37 bits per heavy atom. The van der Waals surface area contributed by atoms with Crippen molar-refractivity contribution in [1.29, 1.82) is 0 Å². The highest BCUT2D eigenvalue weighted by Crippen LogP contribution is 2.30. The Balaban J connectivity index is 1.34. The zero-order valence-electron chi connectivity index (χ0n) is 23.6. The molecule has 1 aliphatic carbocycles. The van der Waals surface area contributed by atoms with Crippen LogP contribution in [-0.2, 0) is 24.1 Å². The first-order chi connectivity index (χ1) is 20.7. The largest absolute Gasteiger partial charge is 0.416 e. The van der Waals surface area contributed by atoms with Gasteiger partial charge in [-0.15, -0.1) is 0 Å². The van der Waals surface area contributed by atoms with Crippen molar-refractivity contribution in [3.8, 4) is 5.82 Å². The molecule has 2 aromatic carbocycles. The number of anilines is 2. The molecule has 0 spiro atoms. The van der Waals surface area contributed by atoms with E-state index >= 15 is 0 Å². The van der Waals surface area contributed by atoms with Crippen LogP contribution in [0.15, 0.2) is 79.1 Å². The van der Waals surface area contributed by atoms with E-state index in [1.165, 1.54) is 18.6 Å². The summed E-state index contributed by atoms with van der Waals surface area (Å²) in [5.74, 6) is 1.64. The number of benzene rings is 2. The van der Waals surface area contributed by atoms with Gasteiger partial charge in [0.05, 0.1) is 5.56 Å². The van der Waals surface area contributed by atoms with E-state index in [9.17, 15) is 18.0 Å². The number of hydrogen-bond donors (Lipinski definition) is 3. The Bertz CT molecular complexity index is 1490. The standard InChI is InChI=1S/C32H34ClF3N6O/c33-26-10-6-9-24(17-26)21-38-31-40-28(19-29(41-31)42-15-4-5-16-42)39-27(18-22-7-2-1-3-8-22)30(43)37-20-23-11-13-25(14-12-23)32(34,35)36/h4-6,9-17,19,22,27H,1-3,7-8,18,20-21H2,(H,37,43)(H2,38,39,40,41). The van der Waals surface area contributed by atoms with Crippen LogP contribution in [0.4, 0.5) is 24.9 Å². The number of aromatic nitrogens is 3. The lowest BCUT2D eigenvalue weighted by Crippen LogP contribution is -2.41. The van der Waals surface area contributed by atoms with Crippen LogP contribution in [0.2, 0.25) is 5.02 Å². The van der Waals surface area contributed by atoms with Gasteiger partial charge < -0.3 is 20.5 Å². The van der Waals surface area contributed by atoms with Crippen molar-refractivity contribution in [2.75, 3.05) is 10.6 Å². The van der Waals surface area contributed by atoms with E-state index < -0.39 is 17.8 Å². The molecule has 1 amide bonds. The molecule has 1 fully saturated rings. The number of halogens is 4. The summed E-state index contributed by atoms with van der Waals surface area (Å²) in [4.78, 5) is 22.9. The summed E-state index contributed by atoms with van der Waals surface area (Å²) in [7, 11) is 0. The van der Waals surface area contributed by atoms with E-state index in [-0.39, 0.29) is 12.5 Å². The summed E-state index contributed by atoms with van der Waals surface area (Å²) in [6.07, 6.45) is 5.53. The number of amides is 1. The fourth-order valence-corrected chi connectivity index (χ4v) is 5.54. The molecule has 226 valence electrons. The minimum absolute atomic E-state index is 0.116. The van der Waals surface area contributed by atoms with Crippen LogP contribution >= 0.6 is 11.6 Å². The first-order valence-corrected chi connectivity index (χ1v) is 14.8. The van der Waals surface area contributed by atoms with Crippen molar-refractivity contribution in [3.05, 3.63) is 101 Å². The average Bonchev–Trinajstić information content (AvgIpc) is 3.54. The van der Waals surface area contributed by atoms with E-state index in [1.807, 2.05) is 53.4 Å². The van der Waals surface area contributed by atoms with Crippen molar-refractivity contribution in [3.63, 3.8) is 0 Å². The molecule has 0 radical (unpaired) electrons. The molecule has 2 aromatic heterocycles. The molecule has 11 heteroatoms. The molecule has 0 saturated heterocycles. The minimum atomic E-state index is -4.41. The molecular weight excluding hydrogens is 577 g/mol. The molecule has 5 rings (SSSR count). The molecule has 1 atom stereocenters. The Labute approximate surface area is 253 Å². The normalized spacial score (nSPS) is 14.7. The maximum absolute atomic E-state index is 13.5. The van der Waals surface area contributed by atoms with E-state index in [2.05, 4.69) is 25.9 Å². The SMILES string of the molecule is O=C(NCc1ccc(C(F)(F)F)cc1)C(CC1CCCCC1)Nc1cc(-n2cccc2)nc(NCc2cccc(Cl)c2)n1. The van der Waals surface area contributed by atoms with Gasteiger partial charge in [0, 0.05) is 36.6 Å². The second-order valence-corrected chi connectivity index (χ2v) is 11.3. The second kappa shape index (κ2) is 13.9. The maximum atomic E-state index is 13.5. The summed E-state index contributed by atoms with van der Waals surface area (Å²) in [6, 6.07) is 17.3. The van der Waals surface area contributed by atoms with Crippen LogP contribution in [0.3, 0.4) is 0 Å². The fraction of sp³-hybridized carbons (Fsp3) is 0.344. The number of nitrogens with one attached hydrogen (secondary N) is 3. The lowest BCUT2D eigenvalue weighted by molar-refractivity contribution is -0.137. The third kappa shape index (κ3) is 8.73. The number of nitrogens with zero attached hydrogens (tertiary/aromatic N) is 3. The molecule has 4 aromatic rings. The topological polar surface area (TPSA) is 83.9 Å². The van der Waals surface area contributed by atoms with Gasteiger partial charge in [-0.3, -0.25) is 4.79 Å². The first kappa shape index (κ1) is 30.4. The van der Waals surface area contributed by atoms with Crippen LogP contribution in [0.25, 0.3) is 5.82 Å².